The molecule has 3 aromatic rings. The van der Waals surface area contributed by atoms with Crippen molar-refractivity contribution in [2.24, 2.45) is 0 Å². The number of esters is 1. The highest BCUT2D eigenvalue weighted by Crippen LogP contribution is 2.47. The van der Waals surface area contributed by atoms with E-state index in [1.54, 1.807) is 24.3 Å². The number of halogens is 2. The topological polar surface area (TPSA) is 84.5 Å². The van der Waals surface area contributed by atoms with Crippen LogP contribution in [0.1, 0.15) is 31.7 Å². The summed E-state index contributed by atoms with van der Waals surface area (Å²) >= 11 is 13.8. The Bertz CT molecular complexity index is 1230. The average Bonchev–Trinajstić information content (AvgIpc) is 3.16. The van der Waals surface area contributed by atoms with Gasteiger partial charge in [0.1, 0.15) is 5.25 Å². The van der Waals surface area contributed by atoms with Crippen LogP contribution in [0.15, 0.2) is 71.6 Å². The number of fused-ring (bicyclic) bond motifs is 1. The fraction of sp³-hybridized carbons (Fsp3) is 0.125. The molecule has 2 atom stereocenters. The van der Waals surface area contributed by atoms with Crippen molar-refractivity contribution < 1.29 is 19.1 Å². The maximum atomic E-state index is 13.1. The third kappa shape index (κ3) is 5.00. The van der Waals surface area contributed by atoms with E-state index in [0.29, 0.717) is 10.7 Å². The Morgan fingerprint density at radius 1 is 0.970 bits per heavy atom. The lowest BCUT2D eigenvalue weighted by Gasteiger charge is -2.16. The Hall–Kier alpha value is -3.00. The van der Waals surface area contributed by atoms with Gasteiger partial charge >= 0.3 is 5.97 Å². The van der Waals surface area contributed by atoms with Gasteiger partial charge < -0.3 is 15.4 Å². The van der Waals surface area contributed by atoms with Crippen molar-refractivity contribution in [3.8, 4) is 0 Å². The predicted molar refractivity (Wildman–Crippen MR) is 130 cm³/mol. The SMILES string of the molecule is COC(=O)c1ccc(C(=O)Nc2ccc(Cl)cc2)cc1NC(=O)C1Sc2ccccc2C1Cl. The summed E-state index contributed by atoms with van der Waals surface area (Å²) in [5.74, 6) is -1.43. The Morgan fingerprint density at radius 2 is 1.70 bits per heavy atom. The van der Waals surface area contributed by atoms with Crippen molar-refractivity contribution in [2.45, 2.75) is 15.5 Å². The second-order valence-electron chi connectivity index (χ2n) is 7.18. The van der Waals surface area contributed by atoms with Gasteiger partial charge in [0.15, 0.2) is 0 Å². The summed E-state index contributed by atoms with van der Waals surface area (Å²) < 4.78 is 4.83. The maximum absolute atomic E-state index is 13.1. The van der Waals surface area contributed by atoms with Gasteiger partial charge in [-0.05, 0) is 54.1 Å². The van der Waals surface area contributed by atoms with Gasteiger partial charge in [-0.2, -0.15) is 0 Å². The van der Waals surface area contributed by atoms with Gasteiger partial charge in [0.05, 0.1) is 23.7 Å². The van der Waals surface area contributed by atoms with Crippen LogP contribution in [-0.4, -0.2) is 30.1 Å². The number of carbonyl (C=O) groups excluding carboxylic acids is 3. The van der Waals surface area contributed by atoms with Gasteiger partial charge in [0.25, 0.3) is 5.91 Å². The maximum Gasteiger partial charge on any atom is 0.339 e. The van der Waals surface area contributed by atoms with E-state index in [-0.39, 0.29) is 22.7 Å². The predicted octanol–water partition coefficient (Wildman–Crippen LogP) is 5.77. The minimum Gasteiger partial charge on any atom is -0.465 e. The molecule has 6 nitrogen and oxygen atoms in total. The fourth-order valence-electron chi connectivity index (χ4n) is 3.38. The lowest BCUT2D eigenvalue weighted by atomic mass is 10.1. The van der Waals surface area contributed by atoms with E-state index < -0.39 is 22.5 Å². The van der Waals surface area contributed by atoms with E-state index in [9.17, 15) is 14.4 Å². The number of hydrogen-bond donors (Lipinski definition) is 2. The van der Waals surface area contributed by atoms with Crippen molar-refractivity contribution >= 4 is 64.1 Å². The van der Waals surface area contributed by atoms with Crippen LogP contribution in [0.3, 0.4) is 0 Å². The summed E-state index contributed by atoms with van der Waals surface area (Å²) in [7, 11) is 1.24. The zero-order valence-corrected chi connectivity index (χ0v) is 19.6. The van der Waals surface area contributed by atoms with E-state index in [4.69, 9.17) is 27.9 Å². The standard InChI is InChI=1S/C24H18Cl2N2O4S/c1-32-24(31)16-11-6-13(22(29)27-15-9-7-14(25)8-10-15)12-18(16)28-23(30)21-20(26)17-4-2-3-5-19(17)33-21/h2-12,20-21H,1H3,(H,27,29)(H,28,30). The second kappa shape index (κ2) is 9.87. The molecule has 33 heavy (non-hydrogen) atoms. The molecule has 2 N–H and O–H groups in total. The highest BCUT2D eigenvalue weighted by atomic mass is 35.5. The Labute approximate surface area is 204 Å². The van der Waals surface area contributed by atoms with E-state index in [1.165, 1.54) is 37.1 Å². The van der Waals surface area contributed by atoms with Crippen LogP contribution in [-0.2, 0) is 9.53 Å². The Balaban J connectivity index is 1.58. The number of alkyl halides is 1. The molecule has 0 spiro atoms. The van der Waals surface area contributed by atoms with Crippen LogP contribution in [0.25, 0.3) is 0 Å². The van der Waals surface area contributed by atoms with Gasteiger partial charge in [-0.25, -0.2) is 4.79 Å². The van der Waals surface area contributed by atoms with Crippen molar-refractivity contribution in [3.05, 3.63) is 88.4 Å². The molecule has 0 radical (unpaired) electrons. The molecule has 2 unspecified atom stereocenters. The lowest BCUT2D eigenvalue weighted by molar-refractivity contribution is -0.115. The van der Waals surface area contributed by atoms with Crippen LogP contribution in [0.5, 0.6) is 0 Å². The Kier molecular flexibility index (Phi) is 6.93. The molecule has 1 aliphatic heterocycles. The normalized spacial score (nSPS) is 16.6. The van der Waals surface area contributed by atoms with E-state index in [1.807, 2.05) is 24.3 Å². The number of ether oxygens (including phenoxy) is 1. The van der Waals surface area contributed by atoms with Gasteiger partial charge in [-0.1, -0.05) is 29.8 Å². The van der Waals surface area contributed by atoms with Gasteiger partial charge in [-0.3, -0.25) is 9.59 Å². The molecule has 0 saturated heterocycles. The molecule has 1 heterocycles. The molecule has 3 aromatic carbocycles. The average molecular weight is 501 g/mol. The van der Waals surface area contributed by atoms with Crippen LogP contribution in [0, 0.1) is 0 Å². The lowest BCUT2D eigenvalue weighted by Crippen LogP contribution is -2.27. The molecule has 1 aliphatic rings. The summed E-state index contributed by atoms with van der Waals surface area (Å²) in [6.45, 7) is 0. The molecule has 168 valence electrons. The molecule has 0 aliphatic carbocycles. The highest BCUT2D eigenvalue weighted by Gasteiger charge is 2.37. The minimum atomic E-state index is -0.639. The molecule has 2 amide bonds. The highest BCUT2D eigenvalue weighted by molar-refractivity contribution is 8.01. The first kappa shape index (κ1) is 23.2. The summed E-state index contributed by atoms with van der Waals surface area (Å²) in [6, 6.07) is 18.5. The van der Waals surface area contributed by atoms with Gasteiger partial charge in [-0.15, -0.1) is 23.4 Å². The second-order valence-corrected chi connectivity index (χ2v) is 9.27. The molecular formula is C24H18Cl2N2O4S. The number of anilines is 2. The van der Waals surface area contributed by atoms with E-state index in [0.717, 1.165) is 10.5 Å². The van der Waals surface area contributed by atoms with Crippen LogP contribution in [0.2, 0.25) is 5.02 Å². The Morgan fingerprint density at radius 3 is 2.39 bits per heavy atom. The molecule has 0 fully saturated rings. The largest absolute Gasteiger partial charge is 0.465 e. The van der Waals surface area contributed by atoms with E-state index >= 15 is 0 Å². The molecule has 0 aromatic heterocycles. The van der Waals surface area contributed by atoms with Crippen molar-refractivity contribution in [3.63, 3.8) is 0 Å². The number of thioether (sulfide) groups is 1. The fourth-order valence-corrected chi connectivity index (χ4v) is 5.22. The number of benzene rings is 3. The first-order valence-corrected chi connectivity index (χ1v) is 11.6. The smallest absolute Gasteiger partial charge is 0.339 e. The van der Waals surface area contributed by atoms with Crippen molar-refractivity contribution in [1.82, 2.24) is 0 Å². The number of hydrogen-bond acceptors (Lipinski definition) is 5. The minimum absolute atomic E-state index is 0.125. The third-order valence-electron chi connectivity index (χ3n) is 5.04. The van der Waals surface area contributed by atoms with Crippen LogP contribution < -0.4 is 10.6 Å². The van der Waals surface area contributed by atoms with Crippen molar-refractivity contribution in [1.29, 1.82) is 0 Å². The zero-order valence-electron chi connectivity index (χ0n) is 17.3. The summed E-state index contributed by atoms with van der Waals surface area (Å²) in [5.41, 5.74) is 1.97. The first-order valence-electron chi connectivity index (χ1n) is 9.87. The van der Waals surface area contributed by atoms with Gasteiger partial charge in [0.2, 0.25) is 5.91 Å². The molecule has 4 rings (SSSR count). The number of amides is 2. The molecule has 0 saturated carbocycles. The summed E-state index contributed by atoms with van der Waals surface area (Å²) in [6.07, 6.45) is 0. The molecule has 9 heteroatoms. The summed E-state index contributed by atoms with van der Waals surface area (Å²) in [5, 5.41) is 4.93. The number of rotatable bonds is 5. The van der Waals surface area contributed by atoms with Crippen molar-refractivity contribution in [2.75, 3.05) is 17.7 Å². The third-order valence-corrected chi connectivity index (χ3v) is 7.30. The molecule has 0 bridgehead atoms. The van der Waals surface area contributed by atoms with E-state index in [2.05, 4.69) is 10.6 Å². The zero-order chi connectivity index (χ0) is 23.5. The number of methoxy groups -OCH3 is 1. The quantitative estimate of drug-likeness (QED) is 0.343. The first-order chi connectivity index (χ1) is 15.9. The number of nitrogens with one attached hydrogen (secondary N) is 2. The van der Waals surface area contributed by atoms with Crippen LogP contribution in [0.4, 0.5) is 11.4 Å². The molecular weight excluding hydrogens is 483 g/mol. The van der Waals surface area contributed by atoms with Crippen LogP contribution >= 0.6 is 35.0 Å². The van der Waals surface area contributed by atoms with Gasteiger partial charge in [0, 0.05) is 21.2 Å². The monoisotopic (exact) mass is 500 g/mol. The summed E-state index contributed by atoms with van der Waals surface area (Å²) in [4.78, 5) is 39.0. The number of carbonyl (C=O) groups is 3.